The lowest BCUT2D eigenvalue weighted by atomic mass is 10.2. The van der Waals surface area contributed by atoms with Gasteiger partial charge in [0.15, 0.2) is 0 Å². The number of hydrogen-bond acceptors (Lipinski definition) is 4. The van der Waals surface area contributed by atoms with Crippen LogP contribution in [0.25, 0.3) is 0 Å². The van der Waals surface area contributed by atoms with Crippen molar-refractivity contribution in [1.29, 1.82) is 0 Å². The number of hydrogen-bond donors (Lipinski definition) is 1. The molecule has 18 heavy (non-hydrogen) atoms. The van der Waals surface area contributed by atoms with E-state index in [2.05, 4.69) is 4.98 Å². The normalized spacial score (nSPS) is 20.9. The lowest BCUT2D eigenvalue weighted by molar-refractivity contribution is -0.132. The van der Waals surface area contributed by atoms with Crippen molar-refractivity contribution in [3.63, 3.8) is 0 Å². The van der Waals surface area contributed by atoms with Gasteiger partial charge in [0.25, 0.3) is 0 Å². The van der Waals surface area contributed by atoms with E-state index < -0.39 is 6.04 Å². The van der Waals surface area contributed by atoms with E-state index in [0.717, 1.165) is 11.3 Å². The number of aromatic nitrogens is 1. The Kier molecular flexibility index (Phi) is 4.72. The molecule has 0 aromatic carbocycles. The first kappa shape index (κ1) is 13.9. The number of carbonyl (C=O) groups excluding carboxylic acids is 1. The number of nitrogens with zero attached hydrogens (tertiary/aromatic N) is 2. The average Bonchev–Trinajstić information content (AvgIpc) is 2.43. The summed E-state index contributed by atoms with van der Waals surface area (Å²) < 4.78 is 0. The monoisotopic (exact) mass is 305 g/mol. The van der Waals surface area contributed by atoms with Crippen molar-refractivity contribution in [3.8, 4) is 0 Å². The van der Waals surface area contributed by atoms with E-state index in [0.29, 0.717) is 29.1 Å². The lowest BCUT2D eigenvalue weighted by Crippen LogP contribution is -2.43. The molecule has 0 aliphatic carbocycles. The fourth-order valence-electron chi connectivity index (χ4n) is 1.78. The fourth-order valence-corrected chi connectivity index (χ4v) is 3.20. The predicted molar refractivity (Wildman–Crippen MR) is 75.0 cm³/mol. The maximum absolute atomic E-state index is 12.0. The molecule has 1 aromatic rings. The topological polar surface area (TPSA) is 59.2 Å². The highest BCUT2D eigenvalue weighted by Crippen LogP contribution is 2.18. The van der Waals surface area contributed by atoms with E-state index >= 15 is 0 Å². The van der Waals surface area contributed by atoms with Gasteiger partial charge in [-0.2, -0.15) is 11.8 Å². The molecular weight excluding hydrogens is 293 g/mol. The lowest BCUT2D eigenvalue weighted by Gasteiger charge is -2.22. The predicted octanol–water partition coefficient (Wildman–Crippen LogP) is 1.79. The van der Waals surface area contributed by atoms with Crippen LogP contribution in [0.2, 0.25) is 10.3 Å². The van der Waals surface area contributed by atoms with Crippen molar-refractivity contribution in [1.82, 2.24) is 9.88 Å². The molecule has 2 N–H and O–H groups in total. The van der Waals surface area contributed by atoms with Crippen molar-refractivity contribution in [2.45, 2.75) is 12.6 Å². The van der Waals surface area contributed by atoms with Gasteiger partial charge < -0.3 is 10.6 Å². The van der Waals surface area contributed by atoms with Gasteiger partial charge in [-0.05, 0) is 17.7 Å². The first-order chi connectivity index (χ1) is 8.56. The molecule has 0 saturated carbocycles. The van der Waals surface area contributed by atoms with Crippen LogP contribution in [0.15, 0.2) is 12.1 Å². The minimum atomic E-state index is -0.426. The van der Waals surface area contributed by atoms with Crippen LogP contribution in [0, 0.1) is 0 Å². The van der Waals surface area contributed by atoms with Crippen molar-refractivity contribution in [2.24, 2.45) is 5.73 Å². The quantitative estimate of drug-likeness (QED) is 0.846. The number of pyridine rings is 1. The zero-order chi connectivity index (χ0) is 13.1. The van der Waals surface area contributed by atoms with Gasteiger partial charge >= 0.3 is 0 Å². The van der Waals surface area contributed by atoms with Crippen LogP contribution in [0.3, 0.4) is 0 Å². The van der Waals surface area contributed by atoms with Gasteiger partial charge in [-0.25, -0.2) is 4.98 Å². The summed E-state index contributed by atoms with van der Waals surface area (Å²) >= 11 is 13.4. The second-order valence-electron chi connectivity index (χ2n) is 4.06. The molecule has 0 radical (unpaired) electrons. The van der Waals surface area contributed by atoms with E-state index in [4.69, 9.17) is 28.9 Å². The molecule has 2 heterocycles. The summed E-state index contributed by atoms with van der Waals surface area (Å²) in [6.07, 6.45) is 0. The van der Waals surface area contributed by atoms with Crippen LogP contribution in [0.1, 0.15) is 5.56 Å². The summed E-state index contributed by atoms with van der Waals surface area (Å²) in [4.78, 5) is 17.6. The van der Waals surface area contributed by atoms with Gasteiger partial charge in [0.1, 0.15) is 10.3 Å². The van der Waals surface area contributed by atoms with Crippen LogP contribution in [-0.4, -0.2) is 39.9 Å². The molecule has 2 rings (SSSR count). The third kappa shape index (κ3) is 3.51. The molecule has 1 aromatic heterocycles. The molecule has 1 unspecified atom stereocenters. The highest BCUT2D eigenvalue weighted by atomic mass is 35.5. The summed E-state index contributed by atoms with van der Waals surface area (Å²) in [6.45, 7) is 1.16. The Bertz CT molecular complexity index is 438. The first-order valence-corrected chi connectivity index (χ1v) is 7.41. The summed E-state index contributed by atoms with van der Waals surface area (Å²) in [5.41, 5.74) is 6.67. The Balaban J connectivity index is 2.13. The maximum Gasteiger partial charge on any atom is 0.240 e. The molecule has 0 bridgehead atoms. The molecule has 1 aliphatic heterocycles. The number of amides is 1. The number of halogens is 2. The van der Waals surface area contributed by atoms with Crippen molar-refractivity contribution in [3.05, 3.63) is 28.0 Å². The van der Waals surface area contributed by atoms with E-state index in [1.807, 2.05) is 0 Å². The number of rotatable bonds is 2. The average molecular weight is 306 g/mol. The molecule has 1 aliphatic rings. The Morgan fingerprint density at radius 2 is 2.11 bits per heavy atom. The number of thioether (sulfide) groups is 1. The zero-order valence-electron chi connectivity index (χ0n) is 9.60. The molecule has 7 heteroatoms. The number of carbonyl (C=O) groups is 1. The van der Waals surface area contributed by atoms with E-state index in [-0.39, 0.29) is 5.91 Å². The molecular formula is C11H13Cl2N3OS. The highest BCUT2D eigenvalue weighted by Gasteiger charge is 2.24. The molecule has 1 saturated heterocycles. The number of nitrogens with two attached hydrogens (primary N) is 1. The third-order valence-electron chi connectivity index (χ3n) is 2.63. The molecule has 0 spiro atoms. The fraction of sp³-hybridized carbons (Fsp3) is 0.455. The van der Waals surface area contributed by atoms with Gasteiger partial charge in [0.05, 0.1) is 6.04 Å². The second-order valence-corrected chi connectivity index (χ2v) is 5.99. The second kappa shape index (κ2) is 6.10. The SMILES string of the molecule is NC1CSCCN(Cc2cc(Cl)nc(Cl)c2)C1=O. The highest BCUT2D eigenvalue weighted by molar-refractivity contribution is 7.99. The van der Waals surface area contributed by atoms with Crippen LogP contribution >= 0.6 is 35.0 Å². The maximum atomic E-state index is 12.0. The van der Waals surface area contributed by atoms with Crippen LogP contribution < -0.4 is 5.73 Å². The van der Waals surface area contributed by atoms with Crippen molar-refractivity contribution < 1.29 is 4.79 Å². The molecule has 1 amide bonds. The van der Waals surface area contributed by atoms with E-state index in [9.17, 15) is 4.79 Å². The van der Waals surface area contributed by atoms with Crippen molar-refractivity contribution in [2.75, 3.05) is 18.1 Å². The molecule has 1 atom stereocenters. The summed E-state index contributed by atoms with van der Waals surface area (Å²) in [5.74, 6) is 1.54. The van der Waals surface area contributed by atoms with Crippen LogP contribution in [0.5, 0.6) is 0 Å². The third-order valence-corrected chi connectivity index (χ3v) is 4.08. The van der Waals surface area contributed by atoms with Gasteiger partial charge in [-0.15, -0.1) is 0 Å². The Hall–Kier alpha value is -0.490. The summed E-state index contributed by atoms with van der Waals surface area (Å²) in [7, 11) is 0. The first-order valence-electron chi connectivity index (χ1n) is 5.50. The van der Waals surface area contributed by atoms with Crippen molar-refractivity contribution >= 4 is 40.9 Å². The standard InChI is InChI=1S/C11H13Cl2N3OS/c12-9-3-7(4-10(13)15-9)5-16-1-2-18-6-8(14)11(16)17/h3-4,8H,1-2,5-6,14H2. The molecule has 98 valence electrons. The molecule has 4 nitrogen and oxygen atoms in total. The zero-order valence-corrected chi connectivity index (χ0v) is 11.9. The Morgan fingerprint density at radius 3 is 2.78 bits per heavy atom. The minimum absolute atomic E-state index is 0.0240. The summed E-state index contributed by atoms with van der Waals surface area (Å²) in [5, 5.41) is 0.664. The van der Waals surface area contributed by atoms with Gasteiger partial charge in [0.2, 0.25) is 5.91 Å². The van der Waals surface area contributed by atoms with Gasteiger partial charge in [-0.1, -0.05) is 23.2 Å². The minimum Gasteiger partial charge on any atom is -0.336 e. The smallest absolute Gasteiger partial charge is 0.240 e. The van der Waals surface area contributed by atoms with Gasteiger partial charge in [-0.3, -0.25) is 4.79 Å². The summed E-state index contributed by atoms with van der Waals surface area (Å²) in [6, 6.07) is 3.00. The Labute approximate surface area is 120 Å². The van der Waals surface area contributed by atoms with Gasteiger partial charge in [0, 0.05) is 24.6 Å². The van der Waals surface area contributed by atoms with E-state index in [1.54, 1.807) is 28.8 Å². The van der Waals surface area contributed by atoms with Crippen LogP contribution in [-0.2, 0) is 11.3 Å². The molecule has 1 fully saturated rings. The largest absolute Gasteiger partial charge is 0.336 e. The Morgan fingerprint density at radius 1 is 1.44 bits per heavy atom. The van der Waals surface area contributed by atoms with Crippen LogP contribution in [0.4, 0.5) is 0 Å². The van der Waals surface area contributed by atoms with E-state index in [1.165, 1.54) is 0 Å².